The fraction of sp³-hybridized carbons (Fsp3) is 0.364. The molecule has 28 heavy (non-hydrogen) atoms. The van der Waals surface area contributed by atoms with Crippen molar-refractivity contribution in [3.05, 3.63) is 47.5 Å². The topological polar surface area (TPSA) is 67.9 Å². The molecule has 148 valence electrons. The smallest absolute Gasteiger partial charge is 0.263 e. The van der Waals surface area contributed by atoms with Crippen LogP contribution in [0.2, 0.25) is 0 Å². The highest BCUT2D eigenvalue weighted by molar-refractivity contribution is 6.08. The lowest BCUT2D eigenvalue weighted by atomic mass is 9.99. The van der Waals surface area contributed by atoms with Crippen LogP contribution in [0.5, 0.6) is 11.5 Å². The number of rotatable bonds is 5. The number of carbonyl (C=O) groups excluding carboxylic acids is 2. The lowest BCUT2D eigenvalue weighted by molar-refractivity contribution is -0.121. The number of fused-ring (bicyclic) bond motifs is 1. The third-order valence-electron chi connectivity index (χ3n) is 4.87. The Morgan fingerprint density at radius 2 is 1.75 bits per heavy atom. The number of anilines is 2. The number of ether oxygens (including phenoxy) is 2. The van der Waals surface area contributed by atoms with Crippen LogP contribution in [-0.4, -0.2) is 32.6 Å². The van der Waals surface area contributed by atoms with Gasteiger partial charge in [0.1, 0.15) is 17.1 Å². The van der Waals surface area contributed by atoms with E-state index in [1.165, 1.54) is 14.2 Å². The van der Waals surface area contributed by atoms with Crippen LogP contribution in [-0.2, 0) is 11.2 Å². The lowest BCUT2D eigenvalue weighted by Crippen LogP contribution is -2.38. The van der Waals surface area contributed by atoms with Crippen molar-refractivity contribution >= 4 is 23.2 Å². The highest BCUT2D eigenvalue weighted by Crippen LogP contribution is 2.32. The average Bonchev–Trinajstić information content (AvgIpc) is 2.71. The Morgan fingerprint density at radius 3 is 2.36 bits per heavy atom. The molecule has 0 aliphatic carbocycles. The Hall–Kier alpha value is -3.02. The highest BCUT2D eigenvalue weighted by Gasteiger charge is 2.25. The molecule has 6 heteroatoms. The lowest BCUT2D eigenvalue weighted by Gasteiger charge is -2.31. The van der Waals surface area contributed by atoms with Crippen LogP contribution in [0.15, 0.2) is 36.4 Å². The predicted molar refractivity (Wildman–Crippen MR) is 109 cm³/mol. The number of methoxy groups -OCH3 is 2. The average molecular weight is 382 g/mol. The van der Waals surface area contributed by atoms with E-state index in [1.54, 1.807) is 18.2 Å². The largest absolute Gasteiger partial charge is 0.496 e. The molecule has 1 heterocycles. The van der Waals surface area contributed by atoms with Gasteiger partial charge in [-0.25, -0.2) is 0 Å². The van der Waals surface area contributed by atoms with E-state index >= 15 is 0 Å². The fourth-order valence-electron chi connectivity index (χ4n) is 3.48. The molecule has 0 spiro atoms. The molecule has 1 aliphatic heterocycles. The Balaban J connectivity index is 1.87. The third-order valence-corrected chi connectivity index (χ3v) is 4.87. The molecule has 0 saturated carbocycles. The molecule has 0 unspecified atom stereocenters. The standard InChI is InChI=1S/C22H26N2O4/c1-14(2)22(26)24-12-6-7-15-13-16(10-11-17(15)24)23-21(25)20-18(27-3)8-5-9-19(20)28-4/h5,8-11,13-14H,6-7,12H2,1-4H3,(H,23,25). The Morgan fingerprint density at radius 1 is 1.07 bits per heavy atom. The van der Waals surface area contributed by atoms with Crippen molar-refractivity contribution in [1.82, 2.24) is 0 Å². The maximum atomic E-state index is 12.9. The van der Waals surface area contributed by atoms with E-state index in [9.17, 15) is 9.59 Å². The first-order valence-electron chi connectivity index (χ1n) is 9.43. The molecule has 1 N–H and O–H groups in total. The van der Waals surface area contributed by atoms with Gasteiger partial charge in [-0.2, -0.15) is 0 Å². The SMILES string of the molecule is COc1cccc(OC)c1C(=O)Nc1ccc2c(c1)CCCN2C(=O)C(C)C. The second-order valence-electron chi connectivity index (χ2n) is 7.08. The zero-order valence-corrected chi connectivity index (χ0v) is 16.7. The molecule has 0 saturated heterocycles. The van der Waals surface area contributed by atoms with Gasteiger partial charge in [-0.15, -0.1) is 0 Å². The van der Waals surface area contributed by atoms with Crippen LogP contribution in [0.3, 0.4) is 0 Å². The summed E-state index contributed by atoms with van der Waals surface area (Å²) in [6, 6.07) is 10.9. The fourth-order valence-corrected chi connectivity index (χ4v) is 3.48. The molecule has 0 atom stereocenters. The molecule has 2 aromatic carbocycles. The Labute approximate surface area is 165 Å². The number of benzene rings is 2. The maximum absolute atomic E-state index is 12.9. The van der Waals surface area contributed by atoms with Crippen LogP contribution in [0, 0.1) is 5.92 Å². The number of amides is 2. The van der Waals surface area contributed by atoms with E-state index in [4.69, 9.17) is 9.47 Å². The summed E-state index contributed by atoms with van der Waals surface area (Å²) in [5.74, 6) is 0.659. The summed E-state index contributed by atoms with van der Waals surface area (Å²) >= 11 is 0. The normalized spacial score (nSPS) is 13.1. The first-order valence-corrected chi connectivity index (χ1v) is 9.43. The van der Waals surface area contributed by atoms with Gasteiger partial charge in [0.05, 0.1) is 14.2 Å². The Kier molecular flexibility index (Phi) is 5.87. The monoisotopic (exact) mass is 382 g/mol. The predicted octanol–water partition coefficient (Wildman–Crippen LogP) is 3.89. The number of hydrogen-bond donors (Lipinski definition) is 1. The van der Waals surface area contributed by atoms with Gasteiger partial charge in [-0.1, -0.05) is 19.9 Å². The minimum Gasteiger partial charge on any atom is -0.496 e. The minimum atomic E-state index is -0.305. The van der Waals surface area contributed by atoms with Gasteiger partial charge in [-0.3, -0.25) is 9.59 Å². The highest BCUT2D eigenvalue weighted by atomic mass is 16.5. The molecule has 3 rings (SSSR count). The Bertz CT molecular complexity index is 870. The van der Waals surface area contributed by atoms with Gasteiger partial charge in [0.25, 0.3) is 5.91 Å². The first-order chi connectivity index (χ1) is 13.5. The molecule has 0 radical (unpaired) electrons. The molecule has 6 nitrogen and oxygen atoms in total. The molecular formula is C22H26N2O4. The van der Waals surface area contributed by atoms with Crippen molar-refractivity contribution in [2.75, 3.05) is 31.0 Å². The number of carbonyl (C=O) groups is 2. The van der Waals surface area contributed by atoms with Gasteiger partial charge in [0.15, 0.2) is 0 Å². The van der Waals surface area contributed by atoms with E-state index in [1.807, 2.05) is 36.9 Å². The molecule has 0 fully saturated rings. The van der Waals surface area contributed by atoms with Crippen LogP contribution in [0.4, 0.5) is 11.4 Å². The van der Waals surface area contributed by atoms with Crippen molar-refractivity contribution in [3.63, 3.8) is 0 Å². The minimum absolute atomic E-state index is 0.0525. The van der Waals surface area contributed by atoms with Crippen molar-refractivity contribution in [2.45, 2.75) is 26.7 Å². The second kappa shape index (κ2) is 8.33. The molecule has 1 aliphatic rings. The van der Waals surface area contributed by atoms with Crippen molar-refractivity contribution in [1.29, 1.82) is 0 Å². The van der Waals surface area contributed by atoms with Crippen molar-refractivity contribution in [3.8, 4) is 11.5 Å². The van der Waals surface area contributed by atoms with Gasteiger partial charge in [0, 0.05) is 23.8 Å². The molecule has 2 amide bonds. The maximum Gasteiger partial charge on any atom is 0.263 e. The number of hydrogen-bond acceptors (Lipinski definition) is 4. The summed E-state index contributed by atoms with van der Waals surface area (Å²) in [6.07, 6.45) is 1.78. The first kappa shape index (κ1) is 19.7. The summed E-state index contributed by atoms with van der Waals surface area (Å²) in [7, 11) is 3.04. The van der Waals surface area contributed by atoms with Gasteiger partial charge < -0.3 is 19.7 Å². The van der Waals surface area contributed by atoms with Gasteiger partial charge in [0.2, 0.25) is 5.91 Å². The number of aryl methyl sites for hydroxylation is 1. The molecule has 0 bridgehead atoms. The van der Waals surface area contributed by atoms with E-state index < -0.39 is 0 Å². The van der Waals surface area contributed by atoms with Crippen molar-refractivity contribution < 1.29 is 19.1 Å². The van der Waals surface area contributed by atoms with E-state index in [-0.39, 0.29) is 17.7 Å². The van der Waals surface area contributed by atoms with Gasteiger partial charge in [-0.05, 0) is 48.7 Å². The zero-order chi connectivity index (χ0) is 20.3. The van der Waals surface area contributed by atoms with Crippen LogP contribution < -0.4 is 19.7 Å². The number of nitrogens with zero attached hydrogens (tertiary/aromatic N) is 1. The van der Waals surface area contributed by atoms with Crippen LogP contribution in [0.1, 0.15) is 36.2 Å². The second-order valence-corrected chi connectivity index (χ2v) is 7.08. The van der Waals surface area contributed by atoms with E-state index in [0.29, 0.717) is 22.7 Å². The summed E-state index contributed by atoms with van der Waals surface area (Å²) in [6.45, 7) is 4.55. The molecule has 0 aromatic heterocycles. The van der Waals surface area contributed by atoms with Crippen LogP contribution in [0.25, 0.3) is 0 Å². The van der Waals surface area contributed by atoms with Gasteiger partial charge >= 0.3 is 0 Å². The van der Waals surface area contributed by atoms with Crippen molar-refractivity contribution in [2.24, 2.45) is 5.92 Å². The summed E-state index contributed by atoms with van der Waals surface area (Å²) < 4.78 is 10.6. The van der Waals surface area contributed by atoms with Crippen LogP contribution >= 0.6 is 0 Å². The summed E-state index contributed by atoms with van der Waals surface area (Å²) in [4.78, 5) is 27.2. The summed E-state index contributed by atoms with van der Waals surface area (Å²) in [5, 5.41) is 2.92. The quantitative estimate of drug-likeness (QED) is 0.852. The third kappa shape index (κ3) is 3.81. The molecule has 2 aromatic rings. The number of nitrogens with one attached hydrogen (secondary N) is 1. The summed E-state index contributed by atoms with van der Waals surface area (Å²) in [5.41, 5.74) is 3.01. The molecular weight excluding hydrogens is 356 g/mol. The zero-order valence-electron chi connectivity index (χ0n) is 16.7. The van der Waals surface area contributed by atoms with E-state index in [0.717, 1.165) is 30.6 Å². The van der Waals surface area contributed by atoms with E-state index in [2.05, 4.69) is 5.32 Å².